The average molecular weight is 366 g/mol. The summed E-state index contributed by atoms with van der Waals surface area (Å²) in [7, 11) is 0. The number of pyridine rings is 1. The molecular formula is C21H26N4O2. The molecule has 4 rings (SSSR count). The Morgan fingerprint density at radius 2 is 2.11 bits per heavy atom. The van der Waals surface area contributed by atoms with Crippen LogP contribution in [0, 0.1) is 6.92 Å². The number of ether oxygens (including phenoxy) is 1. The minimum atomic E-state index is -0.0322. The van der Waals surface area contributed by atoms with Gasteiger partial charge in [0.05, 0.1) is 0 Å². The van der Waals surface area contributed by atoms with Crippen molar-refractivity contribution < 1.29 is 9.53 Å². The molecule has 1 N–H and O–H groups in total. The van der Waals surface area contributed by atoms with Crippen LogP contribution in [0.2, 0.25) is 0 Å². The van der Waals surface area contributed by atoms with E-state index in [1.165, 1.54) is 11.3 Å². The van der Waals surface area contributed by atoms with E-state index in [0.29, 0.717) is 6.54 Å². The van der Waals surface area contributed by atoms with E-state index in [9.17, 15) is 4.79 Å². The molecule has 0 spiro atoms. The molecule has 6 nitrogen and oxygen atoms in total. The zero-order valence-electron chi connectivity index (χ0n) is 15.9. The van der Waals surface area contributed by atoms with Gasteiger partial charge in [0.1, 0.15) is 11.9 Å². The first kappa shape index (κ1) is 17.6. The van der Waals surface area contributed by atoms with Gasteiger partial charge in [-0.25, -0.2) is 4.79 Å². The number of anilines is 2. The number of fused-ring (bicyclic) bond motifs is 1. The minimum Gasteiger partial charge on any atom is -0.490 e. The van der Waals surface area contributed by atoms with Crippen LogP contribution in [0.5, 0.6) is 5.75 Å². The summed E-state index contributed by atoms with van der Waals surface area (Å²) in [6.45, 7) is 7.38. The molecule has 0 radical (unpaired) electrons. The second-order valence-corrected chi connectivity index (χ2v) is 7.38. The first-order valence-electron chi connectivity index (χ1n) is 9.61. The molecule has 2 amide bonds. The summed E-state index contributed by atoms with van der Waals surface area (Å²) in [6, 6.07) is 7.92. The first-order valence-corrected chi connectivity index (χ1v) is 9.61. The number of hydrogen-bond donors (Lipinski definition) is 1. The van der Waals surface area contributed by atoms with Crippen molar-refractivity contribution in [2.75, 3.05) is 36.4 Å². The Bertz CT molecular complexity index is 839. The van der Waals surface area contributed by atoms with Crippen LogP contribution in [0.15, 0.2) is 36.7 Å². The Morgan fingerprint density at radius 1 is 1.22 bits per heavy atom. The molecule has 6 heteroatoms. The Morgan fingerprint density at radius 3 is 2.96 bits per heavy atom. The molecule has 2 aliphatic rings. The normalized spacial score (nSPS) is 19.3. The predicted molar refractivity (Wildman–Crippen MR) is 107 cm³/mol. The van der Waals surface area contributed by atoms with Crippen LogP contribution in [0.25, 0.3) is 0 Å². The highest BCUT2D eigenvalue weighted by Crippen LogP contribution is 2.31. The third-order valence-corrected chi connectivity index (χ3v) is 5.26. The van der Waals surface area contributed by atoms with E-state index in [1.807, 2.05) is 35.5 Å². The smallest absolute Gasteiger partial charge is 0.321 e. The van der Waals surface area contributed by atoms with Crippen LogP contribution in [0.3, 0.4) is 0 Å². The molecular weight excluding hydrogens is 340 g/mol. The highest BCUT2D eigenvalue weighted by atomic mass is 16.5. The summed E-state index contributed by atoms with van der Waals surface area (Å²) in [5, 5.41) is 3.05. The van der Waals surface area contributed by atoms with Crippen LogP contribution in [-0.4, -0.2) is 48.2 Å². The number of aryl methyl sites for hydroxylation is 1. The summed E-state index contributed by atoms with van der Waals surface area (Å²) in [5.74, 6) is 0.929. The van der Waals surface area contributed by atoms with Crippen molar-refractivity contribution in [3.05, 3.63) is 47.8 Å². The number of nitrogens with one attached hydrogen (secondary N) is 1. The summed E-state index contributed by atoms with van der Waals surface area (Å²) in [5.41, 5.74) is 4.38. The fourth-order valence-corrected chi connectivity index (χ4v) is 3.88. The van der Waals surface area contributed by atoms with Crippen LogP contribution >= 0.6 is 0 Å². The van der Waals surface area contributed by atoms with Gasteiger partial charge >= 0.3 is 6.03 Å². The van der Waals surface area contributed by atoms with Crippen molar-refractivity contribution >= 4 is 17.4 Å². The molecule has 27 heavy (non-hydrogen) atoms. The van der Waals surface area contributed by atoms with E-state index in [4.69, 9.17) is 4.74 Å². The molecule has 1 fully saturated rings. The zero-order chi connectivity index (χ0) is 18.8. The topological polar surface area (TPSA) is 57.7 Å². The van der Waals surface area contributed by atoms with Crippen LogP contribution in [-0.2, 0) is 6.42 Å². The maximum Gasteiger partial charge on any atom is 0.321 e. The van der Waals surface area contributed by atoms with Gasteiger partial charge in [0.2, 0.25) is 0 Å². The van der Waals surface area contributed by atoms with Gasteiger partial charge < -0.3 is 19.9 Å². The summed E-state index contributed by atoms with van der Waals surface area (Å²) in [4.78, 5) is 21.2. The molecule has 1 saturated heterocycles. The molecule has 0 bridgehead atoms. The largest absolute Gasteiger partial charge is 0.490 e. The maximum atomic E-state index is 12.7. The molecule has 1 atom stereocenters. The van der Waals surface area contributed by atoms with Gasteiger partial charge in [-0.05, 0) is 55.7 Å². The lowest BCUT2D eigenvalue weighted by molar-refractivity contribution is 0.215. The molecule has 1 aromatic heterocycles. The standard InChI is InChI=1S/C21H26N4O2/c1-15-14-22-7-6-19(15)24-8-3-9-25(11-10-24)21(26)23-18-4-5-20-17(13-18)12-16(2)27-20/h4-7,13-14,16H,3,8-12H2,1-2H3,(H,23,26)/t16-/m1/s1. The van der Waals surface area contributed by atoms with E-state index < -0.39 is 0 Å². The minimum absolute atomic E-state index is 0.0322. The van der Waals surface area contributed by atoms with Gasteiger partial charge in [0, 0.05) is 56.4 Å². The van der Waals surface area contributed by atoms with Gasteiger partial charge in [0.15, 0.2) is 0 Å². The fraction of sp³-hybridized carbons (Fsp3) is 0.429. The molecule has 2 aliphatic heterocycles. The number of urea groups is 1. The van der Waals surface area contributed by atoms with Crippen LogP contribution < -0.4 is 15.0 Å². The van der Waals surface area contributed by atoms with Crippen LogP contribution in [0.4, 0.5) is 16.2 Å². The number of hydrogen-bond acceptors (Lipinski definition) is 4. The van der Waals surface area contributed by atoms with Crippen molar-refractivity contribution in [1.29, 1.82) is 0 Å². The van der Waals surface area contributed by atoms with Crippen molar-refractivity contribution in [2.24, 2.45) is 0 Å². The molecule has 0 unspecified atom stereocenters. The molecule has 2 aromatic rings. The Labute approximate surface area is 160 Å². The van der Waals surface area contributed by atoms with Gasteiger partial charge in [-0.2, -0.15) is 0 Å². The predicted octanol–water partition coefficient (Wildman–Crippen LogP) is 3.46. The fourth-order valence-electron chi connectivity index (χ4n) is 3.88. The Hall–Kier alpha value is -2.76. The van der Waals surface area contributed by atoms with E-state index in [-0.39, 0.29) is 12.1 Å². The summed E-state index contributed by atoms with van der Waals surface area (Å²) >= 11 is 0. The number of aromatic nitrogens is 1. The third kappa shape index (κ3) is 3.84. The molecule has 0 saturated carbocycles. The SMILES string of the molecule is Cc1cnccc1N1CCCN(C(=O)Nc2ccc3c(c2)C[C@@H](C)O3)CC1. The van der Waals surface area contributed by atoms with E-state index in [1.54, 1.807) is 0 Å². The Kier molecular flexibility index (Phi) is 4.88. The van der Waals surface area contributed by atoms with Crippen molar-refractivity contribution in [3.8, 4) is 5.75 Å². The second kappa shape index (κ2) is 7.47. The molecule has 142 valence electrons. The van der Waals surface area contributed by atoms with Crippen molar-refractivity contribution in [2.45, 2.75) is 32.8 Å². The summed E-state index contributed by atoms with van der Waals surface area (Å²) in [6.07, 6.45) is 5.77. The Balaban J connectivity index is 1.39. The average Bonchev–Trinajstić information content (AvgIpc) is 2.86. The maximum absolute atomic E-state index is 12.7. The number of carbonyl (C=O) groups is 1. The number of carbonyl (C=O) groups excluding carboxylic acids is 1. The highest BCUT2D eigenvalue weighted by molar-refractivity contribution is 5.89. The third-order valence-electron chi connectivity index (χ3n) is 5.26. The zero-order valence-corrected chi connectivity index (χ0v) is 15.9. The molecule has 3 heterocycles. The highest BCUT2D eigenvalue weighted by Gasteiger charge is 2.22. The lowest BCUT2D eigenvalue weighted by atomic mass is 10.1. The van der Waals surface area contributed by atoms with Crippen molar-refractivity contribution in [3.63, 3.8) is 0 Å². The van der Waals surface area contributed by atoms with E-state index >= 15 is 0 Å². The molecule has 1 aromatic carbocycles. The second-order valence-electron chi connectivity index (χ2n) is 7.38. The molecule has 0 aliphatic carbocycles. The lowest BCUT2D eigenvalue weighted by Crippen LogP contribution is -2.38. The summed E-state index contributed by atoms with van der Waals surface area (Å²) < 4.78 is 5.73. The van der Waals surface area contributed by atoms with E-state index in [0.717, 1.165) is 49.5 Å². The van der Waals surface area contributed by atoms with Gasteiger partial charge in [-0.3, -0.25) is 4.98 Å². The number of rotatable bonds is 2. The number of amides is 2. The monoisotopic (exact) mass is 366 g/mol. The van der Waals surface area contributed by atoms with Gasteiger partial charge in [-0.1, -0.05) is 0 Å². The quantitative estimate of drug-likeness (QED) is 0.884. The lowest BCUT2D eigenvalue weighted by Gasteiger charge is -2.25. The number of benzene rings is 1. The van der Waals surface area contributed by atoms with Crippen molar-refractivity contribution in [1.82, 2.24) is 9.88 Å². The first-order chi connectivity index (χ1) is 13.1. The van der Waals surface area contributed by atoms with Gasteiger partial charge in [-0.15, -0.1) is 0 Å². The van der Waals surface area contributed by atoms with Gasteiger partial charge in [0.25, 0.3) is 0 Å². The van der Waals surface area contributed by atoms with E-state index in [2.05, 4.69) is 35.1 Å². The van der Waals surface area contributed by atoms with Crippen LogP contribution in [0.1, 0.15) is 24.5 Å². The number of nitrogens with zero attached hydrogens (tertiary/aromatic N) is 3.